The van der Waals surface area contributed by atoms with Gasteiger partial charge in [-0.25, -0.2) is 0 Å². The van der Waals surface area contributed by atoms with Crippen molar-refractivity contribution in [1.29, 1.82) is 0 Å². The Morgan fingerprint density at radius 1 is 1.11 bits per heavy atom. The van der Waals surface area contributed by atoms with Crippen molar-refractivity contribution in [3.05, 3.63) is 71.8 Å². The third-order valence-electron chi connectivity index (χ3n) is 4.47. The Morgan fingerprint density at radius 2 is 1.85 bits per heavy atom. The van der Waals surface area contributed by atoms with Gasteiger partial charge in [-0.3, -0.25) is 9.59 Å². The van der Waals surface area contributed by atoms with E-state index in [9.17, 15) is 14.7 Å². The summed E-state index contributed by atoms with van der Waals surface area (Å²) in [5, 5.41) is 13.4. The number of aryl methyl sites for hydroxylation is 1. The lowest BCUT2D eigenvalue weighted by Crippen LogP contribution is -2.25. The maximum absolute atomic E-state index is 12.1. The second kappa shape index (κ2) is 8.40. The van der Waals surface area contributed by atoms with Crippen molar-refractivity contribution < 1.29 is 14.7 Å². The Hall–Kier alpha value is -3.28. The number of nitrogens with two attached hydrogens (primary N) is 1. The van der Waals surface area contributed by atoms with E-state index in [1.807, 2.05) is 36.4 Å². The topological polar surface area (TPSA) is 108 Å². The zero-order valence-electron chi connectivity index (χ0n) is 14.9. The molecule has 139 valence electrons. The number of benzene rings is 2. The van der Waals surface area contributed by atoms with Crippen LogP contribution >= 0.6 is 0 Å². The molecular weight excluding hydrogens is 342 g/mol. The summed E-state index contributed by atoms with van der Waals surface area (Å²) in [5.74, 6) is -0.473. The standard InChI is InChI=1S/C21H22N3O3/c22-21(27)20-16(15-8-2-3-9-17(15)24-20)11-12-19(26)23-13-5-7-14-6-1-4-10-18(14)25/h1-4,6,8-10,12,24-25H,5,7,11,13H2,(H2,22,27)(H,23,26). The number of fused-ring (bicyclic) bond motifs is 1. The van der Waals surface area contributed by atoms with Gasteiger partial charge in [0.15, 0.2) is 0 Å². The maximum atomic E-state index is 12.1. The van der Waals surface area contributed by atoms with E-state index >= 15 is 0 Å². The van der Waals surface area contributed by atoms with E-state index in [-0.39, 0.29) is 11.7 Å². The molecule has 0 saturated carbocycles. The summed E-state index contributed by atoms with van der Waals surface area (Å²) in [6.07, 6.45) is 3.23. The number of para-hydroxylation sites is 2. The highest BCUT2D eigenvalue weighted by molar-refractivity contribution is 6.00. The predicted octanol–water partition coefficient (Wildman–Crippen LogP) is 2.47. The van der Waals surface area contributed by atoms with Crippen LogP contribution in [0.3, 0.4) is 0 Å². The first kappa shape index (κ1) is 18.5. The molecule has 0 bridgehead atoms. The Bertz CT molecular complexity index is 962. The molecule has 0 aliphatic carbocycles. The van der Waals surface area contributed by atoms with Crippen molar-refractivity contribution in [2.24, 2.45) is 5.73 Å². The van der Waals surface area contributed by atoms with E-state index in [1.54, 1.807) is 12.1 Å². The van der Waals surface area contributed by atoms with Crippen LogP contribution in [0.1, 0.15) is 28.0 Å². The number of rotatable bonds is 8. The number of hydrogen-bond acceptors (Lipinski definition) is 3. The Balaban J connectivity index is 1.52. The van der Waals surface area contributed by atoms with Gasteiger partial charge in [-0.05, 0) is 42.5 Å². The molecule has 0 spiro atoms. The van der Waals surface area contributed by atoms with Crippen molar-refractivity contribution in [3.8, 4) is 5.75 Å². The number of phenols is 1. The SMILES string of the molecule is NC(=O)c1[nH]c2ccccc2c1C[CH]C(=O)NCCCc1ccccc1O. The second-order valence-corrected chi connectivity index (χ2v) is 6.32. The van der Waals surface area contributed by atoms with E-state index in [4.69, 9.17) is 5.73 Å². The highest BCUT2D eigenvalue weighted by Crippen LogP contribution is 2.23. The van der Waals surface area contributed by atoms with Gasteiger partial charge in [-0.1, -0.05) is 36.4 Å². The Labute approximate surface area is 157 Å². The summed E-state index contributed by atoms with van der Waals surface area (Å²) in [6, 6.07) is 14.7. The monoisotopic (exact) mass is 364 g/mol. The molecule has 27 heavy (non-hydrogen) atoms. The van der Waals surface area contributed by atoms with Crippen molar-refractivity contribution in [3.63, 3.8) is 0 Å². The van der Waals surface area contributed by atoms with Gasteiger partial charge in [0.05, 0.1) is 6.42 Å². The lowest BCUT2D eigenvalue weighted by Gasteiger charge is -2.07. The third kappa shape index (κ3) is 4.47. The maximum Gasteiger partial charge on any atom is 0.265 e. The number of amides is 2. The highest BCUT2D eigenvalue weighted by Gasteiger charge is 2.16. The number of hydrogen-bond donors (Lipinski definition) is 4. The number of aromatic nitrogens is 1. The second-order valence-electron chi connectivity index (χ2n) is 6.32. The summed E-state index contributed by atoms with van der Waals surface area (Å²) >= 11 is 0. The first-order valence-electron chi connectivity index (χ1n) is 8.83. The minimum Gasteiger partial charge on any atom is -0.508 e. The molecule has 3 aromatic rings. The first-order valence-corrected chi connectivity index (χ1v) is 8.83. The highest BCUT2D eigenvalue weighted by atomic mass is 16.3. The molecular formula is C21H22N3O3. The van der Waals surface area contributed by atoms with E-state index in [0.29, 0.717) is 25.1 Å². The predicted molar refractivity (Wildman–Crippen MR) is 104 cm³/mol. The van der Waals surface area contributed by atoms with E-state index in [2.05, 4.69) is 10.3 Å². The number of aromatic amines is 1. The van der Waals surface area contributed by atoms with Gasteiger partial charge in [-0.15, -0.1) is 0 Å². The van der Waals surface area contributed by atoms with Crippen LogP contribution in [0.4, 0.5) is 0 Å². The largest absolute Gasteiger partial charge is 0.508 e. The number of primary amides is 1. The van der Waals surface area contributed by atoms with E-state index < -0.39 is 5.91 Å². The number of carbonyl (C=O) groups is 2. The lowest BCUT2D eigenvalue weighted by molar-refractivity contribution is -0.117. The van der Waals surface area contributed by atoms with E-state index in [1.165, 1.54) is 6.42 Å². The minimum atomic E-state index is -0.544. The molecule has 1 radical (unpaired) electrons. The van der Waals surface area contributed by atoms with Gasteiger partial charge in [0.2, 0.25) is 5.91 Å². The molecule has 2 aromatic carbocycles. The molecule has 3 rings (SSSR count). The number of nitrogens with one attached hydrogen (secondary N) is 2. The zero-order valence-corrected chi connectivity index (χ0v) is 14.9. The van der Waals surface area contributed by atoms with Crippen LogP contribution in [0.15, 0.2) is 48.5 Å². The molecule has 0 unspecified atom stereocenters. The third-order valence-corrected chi connectivity index (χ3v) is 4.47. The van der Waals surface area contributed by atoms with E-state index in [0.717, 1.165) is 28.5 Å². The Kier molecular flexibility index (Phi) is 5.76. The summed E-state index contributed by atoms with van der Waals surface area (Å²) in [7, 11) is 0. The normalized spacial score (nSPS) is 10.8. The van der Waals surface area contributed by atoms with Crippen LogP contribution in [0.25, 0.3) is 10.9 Å². The molecule has 1 heterocycles. The van der Waals surface area contributed by atoms with Crippen LogP contribution in [-0.4, -0.2) is 28.4 Å². The summed E-state index contributed by atoms with van der Waals surface area (Å²) < 4.78 is 0. The van der Waals surface area contributed by atoms with Crippen LogP contribution < -0.4 is 11.1 Å². The number of phenolic OH excluding ortho intramolecular Hbond substituents is 1. The lowest BCUT2D eigenvalue weighted by atomic mass is 10.0. The number of H-pyrrole nitrogens is 1. The molecule has 0 fully saturated rings. The van der Waals surface area contributed by atoms with Gasteiger partial charge in [-0.2, -0.15) is 0 Å². The average Bonchev–Trinajstić information content (AvgIpc) is 3.04. The fraction of sp³-hybridized carbons (Fsp3) is 0.190. The van der Waals surface area contributed by atoms with Crippen molar-refractivity contribution in [1.82, 2.24) is 10.3 Å². The first-order chi connectivity index (χ1) is 13.1. The van der Waals surface area contributed by atoms with Gasteiger partial charge in [0, 0.05) is 17.4 Å². The quantitative estimate of drug-likeness (QED) is 0.461. The van der Waals surface area contributed by atoms with Crippen molar-refractivity contribution in [2.75, 3.05) is 6.54 Å². The molecule has 6 nitrogen and oxygen atoms in total. The van der Waals surface area contributed by atoms with Crippen LogP contribution in [0.5, 0.6) is 5.75 Å². The fourth-order valence-electron chi connectivity index (χ4n) is 3.10. The molecule has 5 N–H and O–H groups in total. The minimum absolute atomic E-state index is 0.201. The van der Waals surface area contributed by atoms with Crippen LogP contribution in [-0.2, 0) is 17.6 Å². The molecule has 0 aliphatic heterocycles. The van der Waals surface area contributed by atoms with Crippen LogP contribution in [0, 0.1) is 6.42 Å². The number of carbonyl (C=O) groups excluding carboxylic acids is 2. The molecule has 0 saturated heterocycles. The van der Waals surface area contributed by atoms with Crippen molar-refractivity contribution >= 4 is 22.7 Å². The smallest absolute Gasteiger partial charge is 0.265 e. The van der Waals surface area contributed by atoms with Crippen LogP contribution in [0.2, 0.25) is 0 Å². The van der Waals surface area contributed by atoms with Gasteiger partial charge >= 0.3 is 0 Å². The molecule has 2 amide bonds. The zero-order chi connectivity index (χ0) is 19.2. The Morgan fingerprint density at radius 3 is 2.63 bits per heavy atom. The molecule has 0 aliphatic rings. The summed E-state index contributed by atoms with van der Waals surface area (Å²) in [5.41, 5.74) is 8.18. The average molecular weight is 364 g/mol. The fourth-order valence-corrected chi connectivity index (χ4v) is 3.10. The van der Waals surface area contributed by atoms with Gasteiger partial charge in [0.1, 0.15) is 11.4 Å². The molecule has 6 heteroatoms. The molecule has 0 atom stereocenters. The molecule has 1 aromatic heterocycles. The summed E-state index contributed by atoms with van der Waals surface area (Å²) in [6.45, 7) is 0.500. The van der Waals surface area contributed by atoms with Gasteiger partial charge < -0.3 is 21.1 Å². The van der Waals surface area contributed by atoms with Gasteiger partial charge in [0.25, 0.3) is 5.91 Å². The number of aromatic hydroxyl groups is 1. The summed E-state index contributed by atoms with van der Waals surface area (Å²) in [4.78, 5) is 26.8. The van der Waals surface area contributed by atoms with Crippen molar-refractivity contribution in [2.45, 2.75) is 19.3 Å².